The van der Waals surface area contributed by atoms with Gasteiger partial charge in [0.2, 0.25) is 35.7 Å². The Hall–Kier alpha value is -4.30. The summed E-state index contributed by atoms with van der Waals surface area (Å²) in [6, 6.07) is 26.0. The number of benzene rings is 3. The van der Waals surface area contributed by atoms with Crippen LogP contribution in [0.1, 0.15) is 25.8 Å². The Morgan fingerprint density at radius 2 is 1.03 bits per heavy atom. The van der Waals surface area contributed by atoms with Crippen LogP contribution in [0.2, 0.25) is 0 Å². The van der Waals surface area contributed by atoms with Gasteiger partial charge in [-0.15, -0.1) is 0 Å². The topological polar surface area (TPSA) is 304 Å². The van der Waals surface area contributed by atoms with Crippen LogP contribution in [0.15, 0.2) is 109 Å². The van der Waals surface area contributed by atoms with E-state index in [1.807, 2.05) is 0 Å². The number of aliphatic hydroxyl groups is 2. The van der Waals surface area contributed by atoms with Crippen LogP contribution in [-0.4, -0.2) is 101 Å². The molecule has 3 aromatic carbocycles. The van der Waals surface area contributed by atoms with E-state index in [4.69, 9.17) is 0 Å². The van der Waals surface area contributed by atoms with E-state index in [-0.39, 0.29) is 108 Å². The fourth-order valence-corrected chi connectivity index (χ4v) is 8.91. The van der Waals surface area contributed by atoms with E-state index < -0.39 is 54.5 Å². The van der Waals surface area contributed by atoms with Gasteiger partial charge in [-0.25, -0.2) is 16.8 Å². The molecular weight excluding hydrogens is 863 g/mol. The van der Waals surface area contributed by atoms with Crippen LogP contribution in [0.3, 0.4) is 0 Å². The Kier molecular flexibility index (Phi) is 17.8. The average Bonchev–Trinajstić information content (AvgIpc) is 3.19. The van der Waals surface area contributed by atoms with Gasteiger partial charge >= 0.3 is 59.1 Å². The number of para-hydroxylation sites is 2. The number of aliphatic hydroxyl groups excluding tert-OH is 2. The van der Waals surface area contributed by atoms with Gasteiger partial charge in [0.05, 0.1) is 12.2 Å². The molecule has 24 heteroatoms. The van der Waals surface area contributed by atoms with E-state index >= 15 is 0 Å². The summed E-state index contributed by atoms with van der Waals surface area (Å²) in [5, 5.41) is 37.6. The number of aromatic nitrogens is 6. The van der Waals surface area contributed by atoms with Crippen LogP contribution in [-0.2, 0) is 20.2 Å². The molecule has 1 aliphatic rings. The van der Waals surface area contributed by atoms with Gasteiger partial charge in [-0.05, 0) is 49.8 Å². The van der Waals surface area contributed by atoms with E-state index in [1.165, 1.54) is 26.0 Å². The molecule has 2 heterocycles. The SMILES string of the molecule is CC(O)CNc1nc(Nc2ccccc2)nc(NC2(Nc3nc(NCC(C)O)nc(Nc4ccccc4)n3)C=CC(C=Cc3ccccc3)C(S(=O)(=O)[O-])(S(=O)(=O)[O-])C2)n1.[Na+].[Na+]. The van der Waals surface area contributed by atoms with Crippen molar-refractivity contribution < 1.29 is 95.3 Å². The third kappa shape index (κ3) is 13.1. The Morgan fingerprint density at radius 1 is 0.645 bits per heavy atom. The summed E-state index contributed by atoms with van der Waals surface area (Å²) in [6.07, 6.45) is 2.01. The fourth-order valence-electron chi connectivity index (χ4n) is 6.12. The second kappa shape index (κ2) is 21.9. The predicted octanol–water partition coefficient (Wildman–Crippen LogP) is -2.57. The maximum Gasteiger partial charge on any atom is 1.00 e. The van der Waals surface area contributed by atoms with Crippen molar-refractivity contribution in [1.82, 2.24) is 29.9 Å². The van der Waals surface area contributed by atoms with Crippen LogP contribution >= 0.6 is 0 Å². The first-order valence-corrected chi connectivity index (χ1v) is 21.2. The number of allylic oxidation sites excluding steroid dienone is 2. The van der Waals surface area contributed by atoms with Gasteiger partial charge in [-0.1, -0.05) is 85.0 Å². The summed E-state index contributed by atoms with van der Waals surface area (Å²) >= 11 is 0. The van der Waals surface area contributed by atoms with Crippen LogP contribution in [0.25, 0.3) is 6.08 Å². The summed E-state index contributed by atoms with van der Waals surface area (Å²) in [4.78, 5) is 26.4. The van der Waals surface area contributed by atoms with Crippen molar-refractivity contribution in [2.24, 2.45) is 5.92 Å². The molecule has 62 heavy (non-hydrogen) atoms. The van der Waals surface area contributed by atoms with Crippen molar-refractivity contribution in [2.75, 3.05) is 45.0 Å². The molecule has 3 atom stereocenters. The second-order valence-electron chi connectivity index (χ2n) is 13.8. The molecule has 6 rings (SSSR count). The minimum atomic E-state index is -6.05. The van der Waals surface area contributed by atoms with Gasteiger partial charge < -0.3 is 51.2 Å². The molecule has 0 amide bonds. The molecule has 0 saturated heterocycles. The van der Waals surface area contributed by atoms with E-state index in [0.717, 1.165) is 12.2 Å². The van der Waals surface area contributed by atoms with E-state index in [9.17, 15) is 36.2 Å². The van der Waals surface area contributed by atoms with Crippen molar-refractivity contribution in [3.8, 4) is 0 Å². The molecule has 0 saturated carbocycles. The predicted molar refractivity (Wildman–Crippen MR) is 224 cm³/mol. The number of nitrogens with one attached hydrogen (secondary N) is 6. The second-order valence-corrected chi connectivity index (χ2v) is 17.4. The summed E-state index contributed by atoms with van der Waals surface area (Å²) in [7, 11) is -12.1. The molecular formula is C38H42N12Na2O8S2. The molecule has 5 aromatic rings. The molecule has 3 unspecified atom stereocenters. The Morgan fingerprint density at radius 3 is 1.44 bits per heavy atom. The maximum atomic E-state index is 13.5. The summed E-state index contributed by atoms with van der Waals surface area (Å²) < 4.78 is 77.2. The van der Waals surface area contributed by atoms with Crippen LogP contribution < -0.4 is 91.0 Å². The standard InChI is InChI=1S/C38H44N12O8S2.2Na/c1-25(51)22-39-31-43-33(41-29-14-8-4-9-15-29)47-35(45-31)49-37(50-36-46-32(40-23-26(2)52)44-34(48-36)42-30-16-10-5-11-17-30)21-20-28(19-18-27-12-6-3-7-13-27)38(24-37,59(53,54)55)60(56,57)58;;/h3-21,25-26,28,51-52H,22-24H2,1-2H3,(H,53,54,55)(H,56,57,58)(H3,39,41,43,45,47,49)(H3,40,42,44,46,48,50);;/q;2*+1/p-2. The molecule has 20 nitrogen and oxygen atoms in total. The maximum absolute atomic E-state index is 13.5. The third-order valence-electron chi connectivity index (χ3n) is 8.87. The monoisotopic (exact) mass is 904 g/mol. The van der Waals surface area contributed by atoms with Crippen LogP contribution in [0.5, 0.6) is 0 Å². The number of hydrogen-bond donors (Lipinski definition) is 8. The molecule has 2 aromatic heterocycles. The van der Waals surface area contributed by atoms with Crippen molar-refractivity contribution in [1.29, 1.82) is 0 Å². The zero-order valence-electron chi connectivity index (χ0n) is 34.2. The van der Waals surface area contributed by atoms with Crippen LogP contribution in [0, 0.1) is 5.92 Å². The van der Waals surface area contributed by atoms with Crippen molar-refractivity contribution in [3.63, 3.8) is 0 Å². The number of nitrogens with zero attached hydrogens (tertiary/aromatic N) is 6. The van der Waals surface area contributed by atoms with Crippen molar-refractivity contribution >= 4 is 73.4 Å². The van der Waals surface area contributed by atoms with Gasteiger partial charge in [0.15, 0.2) is 4.08 Å². The van der Waals surface area contributed by atoms with E-state index in [1.54, 1.807) is 91.0 Å². The van der Waals surface area contributed by atoms with Gasteiger partial charge in [0.1, 0.15) is 25.9 Å². The molecule has 0 aliphatic heterocycles. The molecule has 0 bridgehead atoms. The third-order valence-corrected chi connectivity index (χ3v) is 12.6. The molecule has 316 valence electrons. The smallest absolute Gasteiger partial charge is 0.747 e. The first kappa shape index (κ1) is 50.3. The first-order valence-electron chi connectivity index (χ1n) is 18.4. The zero-order chi connectivity index (χ0) is 43.0. The zero-order valence-corrected chi connectivity index (χ0v) is 39.8. The Labute approximate surface area is 403 Å². The Bertz CT molecular complexity index is 2400. The van der Waals surface area contributed by atoms with Crippen LogP contribution in [0.4, 0.5) is 47.1 Å². The average molecular weight is 905 g/mol. The quantitative estimate of drug-likeness (QED) is 0.0194. The first-order chi connectivity index (χ1) is 28.5. The number of hydrogen-bond acceptors (Lipinski definition) is 20. The van der Waals surface area contributed by atoms with E-state index in [0.29, 0.717) is 16.9 Å². The van der Waals surface area contributed by atoms with Gasteiger partial charge in [0, 0.05) is 36.8 Å². The fraction of sp³-hybridized carbons (Fsp3) is 0.263. The van der Waals surface area contributed by atoms with Crippen molar-refractivity contribution in [3.05, 3.63) is 115 Å². The minimum absolute atomic E-state index is 0. The normalized spacial score (nSPS) is 18.0. The molecule has 0 radical (unpaired) electrons. The van der Waals surface area contributed by atoms with E-state index in [2.05, 4.69) is 61.8 Å². The summed E-state index contributed by atoms with van der Waals surface area (Å²) in [5.41, 5.74) is -0.610. The van der Waals surface area contributed by atoms with Gasteiger partial charge in [0.25, 0.3) is 0 Å². The summed E-state index contributed by atoms with van der Waals surface area (Å²) in [5.74, 6) is -2.71. The molecule has 0 spiro atoms. The molecule has 0 fully saturated rings. The Balaban J connectivity index is 0.00000422. The molecule has 1 aliphatic carbocycles. The summed E-state index contributed by atoms with van der Waals surface area (Å²) in [6.45, 7) is 3.03. The molecule has 8 N–H and O–H groups in total. The number of anilines is 8. The largest absolute Gasteiger partial charge is 1.00 e. The minimum Gasteiger partial charge on any atom is -0.747 e. The van der Waals surface area contributed by atoms with Gasteiger partial charge in [-0.3, -0.25) is 0 Å². The van der Waals surface area contributed by atoms with Crippen molar-refractivity contribution in [2.45, 2.75) is 42.2 Å². The number of rotatable bonds is 18. The van der Waals surface area contributed by atoms with Gasteiger partial charge in [-0.2, -0.15) is 29.9 Å².